The van der Waals surface area contributed by atoms with E-state index in [0.29, 0.717) is 24.8 Å². The predicted molar refractivity (Wildman–Crippen MR) is 96.8 cm³/mol. The SMILES string of the molecule is CCCCCC(=O)Nc1nc(=O)n(C2CC(O)C(CO)C2)cc1COC. The zero-order valence-electron chi connectivity index (χ0n) is 15.5. The Morgan fingerprint density at radius 3 is 2.81 bits per heavy atom. The summed E-state index contributed by atoms with van der Waals surface area (Å²) in [5, 5.41) is 22.0. The van der Waals surface area contributed by atoms with E-state index in [1.54, 1.807) is 6.20 Å². The molecular weight excluding hydrogens is 338 g/mol. The molecule has 0 spiro atoms. The van der Waals surface area contributed by atoms with Crippen molar-refractivity contribution in [3.63, 3.8) is 0 Å². The quantitative estimate of drug-likeness (QED) is 0.566. The highest BCUT2D eigenvalue weighted by Gasteiger charge is 2.34. The van der Waals surface area contributed by atoms with E-state index in [1.807, 2.05) is 0 Å². The molecule has 3 unspecified atom stereocenters. The number of rotatable bonds is 9. The van der Waals surface area contributed by atoms with Crippen molar-refractivity contribution in [2.45, 2.75) is 64.2 Å². The Kier molecular flexibility index (Phi) is 7.74. The van der Waals surface area contributed by atoms with E-state index in [2.05, 4.69) is 17.2 Å². The number of aliphatic hydroxyl groups is 2. The molecule has 1 aliphatic carbocycles. The molecule has 1 heterocycles. The van der Waals surface area contributed by atoms with E-state index in [0.717, 1.165) is 19.3 Å². The monoisotopic (exact) mass is 367 g/mol. The summed E-state index contributed by atoms with van der Waals surface area (Å²) in [4.78, 5) is 28.5. The number of aliphatic hydroxyl groups excluding tert-OH is 2. The summed E-state index contributed by atoms with van der Waals surface area (Å²) >= 11 is 0. The molecule has 1 fully saturated rings. The van der Waals surface area contributed by atoms with E-state index in [-0.39, 0.29) is 36.9 Å². The summed E-state index contributed by atoms with van der Waals surface area (Å²) in [6, 6.07) is -0.230. The highest BCUT2D eigenvalue weighted by Crippen LogP contribution is 2.34. The molecule has 3 atom stereocenters. The van der Waals surface area contributed by atoms with Gasteiger partial charge in [-0.2, -0.15) is 4.98 Å². The van der Waals surface area contributed by atoms with Gasteiger partial charge in [-0.05, 0) is 19.3 Å². The number of ether oxygens (including phenoxy) is 1. The zero-order chi connectivity index (χ0) is 19.1. The number of hydrogen-bond donors (Lipinski definition) is 3. The summed E-state index contributed by atoms with van der Waals surface area (Å²) in [5.41, 5.74) is 0.127. The second kappa shape index (κ2) is 9.80. The number of methoxy groups -OCH3 is 1. The van der Waals surface area contributed by atoms with E-state index >= 15 is 0 Å². The Morgan fingerprint density at radius 1 is 1.42 bits per heavy atom. The van der Waals surface area contributed by atoms with Crippen LogP contribution in [0, 0.1) is 5.92 Å². The Hall–Kier alpha value is -1.77. The maximum atomic E-state index is 12.4. The topological polar surface area (TPSA) is 114 Å². The molecule has 0 bridgehead atoms. The van der Waals surface area contributed by atoms with Crippen LogP contribution >= 0.6 is 0 Å². The smallest absolute Gasteiger partial charge is 0.349 e. The van der Waals surface area contributed by atoms with Crippen molar-refractivity contribution in [3.8, 4) is 0 Å². The van der Waals surface area contributed by atoms with E-state index in [4.69, 9.17) is 4.74 Å². The van der Waals surface area contributed by atoms with Crippen LogP contribution in [0.5, 0.6) is 0 Å². The lowest BCUT2D eigenvalue weighted by Crippen LogP contribution is -2.29. The molecule has 0 saturated heterocycles. The first-order valence-corrected chi connectivity index (χ1v) is 9.19. The van der Waals surface area contributed by atoms with Crippen LogP contribution in [-0.2, 0) is 16.1 Å². The van der Waals surface area contributed by atoms with Gasteiger partial charge in [0, 0.05) is 43.9 Å². The maximum Gasteiger partial charge on any atom is 0.349 e. The fraction of sp³-hybridized carbons (Fsp3) is 0.722. The second-order valence-electron chi connectivity index (χ2n) is 6.88. The maximum absolute atomic E-state index is 12.4. The third kappa shape index (κ3) is 5.12. The van der Waals surface area contributed by atoms with Crippen molar-refractivity contribution in [3.05, 3.63) is 22.2 Å². The Morgan fingerprint density at radius 2 is 2.19 bits per heavy atom. The van der Waals surface area contributed by atoms with Crippen LogP contribution in [0.15, 0.2) is 11.0 Å². The summed E-state index contributed by atoms with van der Waals surface area (Å²) in [7, 11) is 1.53. The molecule has 8 heteroatoms. The Bertz CT molecular complexity index is 661. The van der Waals surface area contributed by atoms with Gasteiger partial charge in [0.05, 0.1) is 12.7 Å². The van der Waals surface area contributed by atoms with Crippen LogP contribution in [0.25, 0.3) is 0 Å². The van der Waals surface area contributed by atoms with Crippen LogP contribution in [0.3, 0.4) is 0 Å². The third-order valence-corrected chi connectivity index (χ3v) is 4.85. The molecule has 0 radical (unpaired) electrons. The summed E-state index contributed by atoms with van der Waals surface area (Å²) in [6.45, 7) is 2.16. The molecule has 1 aromatic heterocycles. The van der Waals surface area contributed by atoms with Crippen LogP contribution in [0.4, 0.5) is 5.82 Å². The average molecular weight is 367 g/mol. The van der Waals surface area contributed by atoms with Crippen LogP contribution < -0.4 is 11.0 Å². The molecule has 2 rings (SSSR count). The molecule has 3 N–H and O–H groups in total. The molecule has 0 aromatic carbocycles. The minimum absolute atomic E-state index is 0.114. The van der Waals surface area contributed by atoms with E-state index < -0.39 is 11.8 Å². The molecule has 1 aliphatic rings. The minimum atomic E-state index is -0.638. The van der Waals surface area contributed by atoms with Gasteiger partial charge in [0.1, 0.15) is 5.82 Å². The van der Waals surface area contributed by atoms with Gasteiger partial charge in [0.2, 0.25) is 5.91 Å². The van der Waals surface area contributed by atoms with Gasteiger partial charge >= 0.3 is 5.69 Å². The van der Waals surface area contributed by atoms with Gasteiger partial charge in [0.15, 0.2) is 0 Å². The Balaban J connectivity index is 2.19. The zero-order valence-corrected chi connectivity index (χ0v) is 15.5. The fourth-order valence-electron chi connectivity index (χ4n) is 3.37. The van der Waals surface area contributed by atoms with Crippen molar-refractivity contribution in [2.75, 3.05) is 19.0 Å². The molecular formula is C18H29N3O5. The molecule has 1 aromatic rings. The number of nitrogens with one attached hydrogen (secondary N) is 1. The standard InChI is InChI=1S/C18H29N3O5/c1-3-4-5-6-16(24)19-17-13(11-26-2)9-21(18(25)20-17)14-7-12(10-22)15(23)8-14/h9,12,14-15,22-23H,3-8,10-11H2,1-2H3,(H,19,20,24,25). The number of amides is 1. The van der Waals surface area contributed by atoms with Gasteiger partial charge in [-0.25, -0.2) is 4.79 Å². The molecule has 1 saturated carbocycles. The largest absolute Gasteiger partial charge is 0.396 e. The number of carbonyl (C=O) groups excluding carboxylic acids is 1. The normalized spacial score (nSPS) is 22.5. The number of carbonyl (C=O) groups is 1. The summed E-state index contributed by atoms with van der Waals surface area (Å²) in [6.07, 6.45) is 5.08. The molecule has 0 aliphatic heterocycles. The molecule has 8 nitrogen and oxygen atoms in total. The van der Waals surface area contributed by atoms with Gasteiger partial charge < -0.3 is 20.3 Å². The minimum Gasteiger partial charge on any atom is -0.396 e. The van der Waals surface area contributed by atoms with Crippen molar-refractivity contribution in [1.29, 1.82) is 0 Å². The number of aromatic nitrogens is 2. The van der Waals surface area contributed by atoms with Gasteiger partial charge in [-0.1, -0.05) is 19.8 Å². The fourth-order valence-corrected chi connectivity index (χ4v) is 3.37. The van der Waals surface area contributed by atoms with Crippen molar-refractivity contribution >= 4 is 11.7 Å². The van der Waals surface area contributed by atoms with Crippen LogP contribution in [-0.4, -0.2) is 45.5 Å². The molecule has 146 valence electrons. The first kappa shape index (κ1) is 20.5. The van der Waals surface area contributed by atoms with Crippen molar-refractivity contribution in [1.82, 2.24) is 9.55 Å². The lowest BCUT2D eigenvalue weighted by atomic mass is 10.1. The van der Waals surface area contributed by atoms with Gasteiger partial charge in [-0.3, -0.25) is 9.36 Å². The first-order chi connectivity index (χ1) is 12.5. The summed E-state index contributed by atoms with van der Waals surface area (Å²) in [5.74, 6) is -0.181. The Labute approximate surface area is 153 Å². The second-order valence-corrected chi connectivity index (χ2v) is 6.88. The van der Waals surface area contributed by atoms with E-state index in [9.17, 15) is 19.8 Å². The summed E-state index contributed by atoms with van der Waals surface area (Å²) < 4.78 is 6.65. The first-order valence-electron chi connectivity index (χ1n) is 9.19. The average Bonchev–Trinajstić information content (AvgIpc) is 2.98. The van der Waals surface area contributed by atoms with Crippen molar-refractivity contribution in [2.24, 2.45) is 5.92 Å². The number of nitrogens with zero attached hydrogens (tertiary/aromatic N) is 2. The van der Waals surface area contributed by atoms with Crippen molar-refractivity contribution < 1.29 is 19.7 Å². The van der Waals surface area contributed by atoms with Gasteiger partial charge in [0.25, 0.3) is 0 Å². The van der Waals surface area contributed by atoms with E-state index in [1.165, 1.54) is 11.7 Å². The van der Waals surface area contributed by atoms with Gasteiger partial charge in [-0.15, -0.1) is 0 Å². The predicted octanol–water partition coefficient (Wildman–Crippen LogP) is 1.21. The highest BCUT2D eigenvalue weighted by molar-refractivity contribution is 5.90. The number of hydrogen-bond acceptors (Lipinski definition) is 6. The van der Waals surface area contributed by atoms with Crippen LogP contribution in [0.2, 0.25) is 0 Å². The lowest BCUT2D eigenvalue weighted by molar-refractivity contribution is -0.116. The van der Waals surface area contributed by atoms with Crippen LogP contribution in [0.1, 0.15) is 57.1 Å². The number of unbranched alkanes of at least 4 members (excludes halogenated alkanes) is 2. The molecule has 26 heavy (non-hydrogen) atoms. The molecule has 1 amide bonds. The lowest BCUT2D eigenvalue weighted by Gasteiger charge is -2.17. The highest BCUT2D eigenvalue weighted by atomic mass is 16.5. The third-order valence-electron chi connectivity index (χ3n) is 4.85. The number of anilines is 1.